The number of nitrogens with one attached hydrogen (secondary N) is 1. The van der Waals surface area contributed by atoms with Crippen LogP contribution in [-0.2, 0) is 10.0 Å². The van der Waals surface area contributed by atoms with Gasteiger partial charge in [-0.1, -0.05) is 29.8 Å². The summed E-state index contributed by atoms with van der Waals surface area (Å²) in [4.78, 5) is 17.6. The first-order chi connectivity index (χ1) is 15.7. The summed E-state index contributed by atoms with van der Waals surface area (Å²) in [5.74, 6) is 1.68. The fourth-order valence-electron chi connectivity index (χ4n) is 3.96. The van der Waals surface area contributed by atoms with Crippen molar-refractivity contribution >= 4 is 44.6 Å². The van der Waals surface area contributed by atoms with Crippen LogP contribution in [0.5, 0.6) is 0 Å². The van der Waals surface area contributed by atoms with Gasteiger partial charge in [0.2, 0.25) is 15.7 Å². The second-order valence-electron chi connectivity index (χ2n) is 8.46. The fourth-order valence-corrected chi connectivity index (χ4v) is 5.30. The number of aromatic nitrogens is 1. The van der Waals surface area contributed by atoms with Gasteiger partial charge in [0.05, 0.1) is 17.2 Å². The van der Waals surface area contributed by atoms with Crippen molar-refractivity contribution in [2.75, 3.05) is 36.2 Å². The average Bonchev–Trinajstić information content (AvgIpc) is 3.55. The first kappa shape index (κ1) is 23.6. The van der Waals surface area contributed by atoms with E-state index in [2.05, 4.69) is 5.32 Å². The summed E-state index contributed by atoms with van der Waals surface area (Å²) in [5, 5.41) is 3.31. The number of fused-ring (bicyclic) bond motifs is 1. The molecule has 9 heteroatoms. The molecule has 1 aliphatic carbocycles. The molecule has 2 heterocycles. The number of furan rings is 1. The second kappa shape index (κ2) is 9.38. The van der Waals surface area contributed by atoms with E-state index in [4.69, 9.17) is 9.40 Å². The van der Waals surface area contributed by atoms with Gasteiger partial charge in [-0.05, 0) is 55.7 Å². The van der Waals surface area contributed by atoms with E-state index in [1.54, 1.807) is 18.8 Å². The Morgan fingerprint density at radius 2 is 1.97 bits per heavy atom. The molecule has 0 atom stereocenters. The summed E-state index contributed by atoms with van der Waals surface area (Å²) in [6.07, 6.45) is 5.88. The Bertz CT molecular complexity index is 1280. The number of anilines is 1. The minimum absolute atomic E-state index is 0.233. The van der Waals surface area contributed by atoms with Gasteiger partial charge in [0.25, 0.3) is 5.91 Å². The molecule has 7 nitrogen and oxygen atoms in total. The van der Waals surface area contributed by atoms with Gasteiger partial charge in [-0.25, -0.2) is 8.42 Å². The van der Waals surface area contributed by atoms with Gasteiger partial charge in [0, 0.05) is 19.2 Å². The molecule has 0 radical (unpaired) electrons. The molecule has 0 aliphatic heterocycles. The zero-order chi connectivity index (χ0) is 23.8. The van der Waals surface area contributed by atoms with E-state index in [1.165, 1.54) is 10.6 Å². The highest BCUT2D eigenvalue weighted by atomic mass is 32.2. The van der Waals surface area contributed by atoms with E-state index in [0.29, 0.717) is 35.5 Å². The molecule has 1 aromatic carbocycles. The smallest absolute Gasteiger partial charge is 0.255 e. The van der Waals surface area contributed by atoms with E-state index < -0.39 is 10.0 Å². The number of pyridine rings is 1. The number of hydrogen-bond acceptors (Lipinski definition) is 6. The van der Waals surface area contributed by atoms with Crippen molar-refractivity contribution in [3.05, 3.63) is 47.0 Å². The van der Waals surface area contributed by atoms with Crippen LogP contribution < -0.4 is 9.62 Å². The monoisotopic (exact) mass is 487 g/mol. The van der Waals surface area contributed by atoms with E-state index in [-0.39, 0.29) is 17.5 Å². The maximum absolute atomic E-state index is 12.9. The van der Waals surface area contributed by atoms with Crippen LogP contribution in [-0.4, -0.2) is 51.2 Å². The number of hydrogen-bond donors (Lipinski definition) is 1. The molecule has 1 aliphatic rings. The van der Waals surface area contributed by atoms with Crippen LogP contribution in [0.4, 0.5) is 5.82 Å². The molecule has 1 fully saturated rings. The second-order valence-corrected chi connectivity index (χ2v) is 11.4. The van der Waals surface area contributed by atoms with Crippen LogP contribution in [0, 0.1) is 6.92 Å². The number of sulfonamides is 1. The van der Waals surface area contributed by atoms with E-state index in [9.17, 15) is 13.2 Å². The first-order valence-electron chi connectivity index (χ1n) is 11.0. The lowest BCUT2D eigenvalue weighted by molar-refractivity contribution is 0.0964. The Morgan fingerprint density at radius 1 is 1.27 bits per heavy atom. The van der Waals surface area contributed by atoms with E-state index in [0.717, 1.165) is 35.3 Å². The summed E-state index contributed by atoms with van der Waals surface area (Å²) in [7, 11) is -1.95. The Balaban J connectivity index is 1.93. The lowest BCUT2D eigenvalue weighted by Crippen LogP contribution is -2.32. The predicted molar refractivity (Wildman–Crippen MR) is 135 cm³/mol. The van der Waals surface area contributed by atoms with Crippen molar-refractivity contribution in [1.82, 2.24) is 10.3 Å². The summed E-state index contributed by atoms with van der Waals surface area (Å²) < 4.78 is 33.0. The third-order valence-electron chi connectivity index (χ3n) is 5.82. The van der Waals surface area contributed by atoms with Gasteiger partial charge < -0.3 is 9.73 Å². The van der Waals surface area contributed by atoms with Gasteiger partial charge in [0.15, 0.2) is 0 Å². The topological polar surface area (TPSA) is 92.5 Å². The van der Waals surface area contributed by atoms with Crippen LogP contribution in [0.1, 0.15) is 46.7 Å². The minimum atomic E-state index is -3.54. The summed E-state index contributed by atoms with van der Waals surface area (Å²) in [6.45, 7) is 2.35. The largest absolute Gasteiger partial charge is 0.437 e. The van der Waals surface area contributed by atoms with E-state index >= 15 is 0 Å². The highest BCUT2D eigenvalue weighted by Gasteiger charge is 2.34. The predicted octanol–water partition coefficient (Wildman–Crippen LogP) is 4.56. The molecule has 3 aromatic rings. The molecule has 33 heavy (non-hydrogen) atoms. The molecule has 1 amide bonds. The van der Waals surface area contributed by atoms with Gasteiger partial charge in [0.1, 0.15) is 11.6 Å². The molecule has 2 aromatic heterocycles. The number of benzene rings is 1. The minimum Gasteiger partial charge on any atom is -0.437 e. The summed E-state index contributed by atoms with van der Waals surface area (Å²) in [5.41, 5.74) is 3.42. The van der Waals surface area contributed by atoms with Gasteiger partial charge in [-0.15, -0.1) is 0 Å². The number of nitrogens with zero attached hydrogens (tertiary/aromatic N) is 2. The molecule has 4 rings (SSSR count). The third kappa shape index (κ3) is 4.89. The fraction of sp³-hybridized carbons (Fsp3) is 0.417. The molecule has 0 unspecified atom stereocenters. The van der Waals surface area contributed by atoms with Crippen LogP contribution in [0.2, 0.25) is 0 Å². The summed E-state index contributed by atoms with van der Waals surface area (Å²) >= 11 is 1.68. The van der Waals surface area contributed by atoms with Gasteiger partial charge in [-0.2, -0.15) is 16.7 Å². The normalized spacial score (nSPS) is 13.9. The maximum atomic E-state index is 12.9. The number of amides is 1. The molecule has 176 valence electrons. The number of rotatable bonds is 9. The van der Waals surface area contributed by atoms with Crippen LogP contribution in [0.3, 0.4) is 0 Å². The molecule has 0 spiro atoms. The zero-order valence-electron chi connectivity index (χ0n) is 19.3. The molecule has 0 saturated heterocycles. The van der Waals surface area contributed by atoms with Gasteiger partial charge in [-0.3, -0.25) is 9.10 Å². The van der Waals surface area contributed by atoms with Crippen molar-refractivity contribution < 1.29 is 17.6 Å². The van der Waals surface area contributed by atoms with Gasteiger partial charge >= 0.3 is 0 Å². The van der Waals surface area contributed by atoms with Crippen molar-refractivity contribution in [1.29, 1.82) is 0 Å². The standard InChI is InChI=1S/C24H29N3O4S2/c1-15-6-8-17(9-7-15)21-20(23(28)25-2)19-14-18(16-10-11-16)22(26-24(19)31-21)27(33(4,29)30)12-5-13-32-3/h6-9,14,16H,5,10-13H2,1-4H3,(H,25,28). The lowest BCUT2D eigenvalue weighted by atomic mass is 10.0. The molecular formula is C24H29N3O4S2. The quantitative estimate of drug-likeness (QED) is 0.445. The van der Waals surface area contributed by atoms with E-state index in [1.807, 2.05) is 43.5 Å². The Kier molecular flexibility index (Phi) is 6.72. The van der Waals surface area contributed by atoms with Crippen LogP contribution in [0.25, 0.3) is 22.4 Å². The number of aryl methyl sites for hydroxylation is 1. The Labute approximate surface area is 199 Å². The molecule has 1 saturated carbocycles. The lowest BCUT2D eigenvalue weighted by Gasteiger charge is -2.23. The van der Waals surface area contributed by atoms with Crippen LogP contribution in [0.15, 0.2) is 34.7 Å². The zero-order valence-corrected chi connectivity index (χ0v) is 21.0. The Morgan fingerprint density at radius 3 is 2.55 bits per heavy atom. The Hall–Kier alpha value is -2.52. The number of thioether (sulfide) groups is 1. The average molecular weight is 488 g/mol. The molecular weight excluding hydrogens is 458 g/mol. The molecule has 0 bridgehead atoms. The SMILES string of the molecule is CNC(=O)c1c(-c2ccc(C)cc2)oc2nc(N(CCCSC)S(C)(=O)=O)c(C3CC3)cc12. The highest BCUT2D eigenvalue weighted by Crippen LogP contribution is 2.46. The highest BCUT2D eigenvalue weighted by molar-refractivity contribution is 7.98. The van der Waals surface area contributed by atoms with Crippen molar-refractivity contribution in [2.45, 2.75) is 32.1 Å². The summed E-state index contributed by atoms with van der Waals surface area (Å²) in [6, 6.07) is 9.65. The first-order valence-corrected chi connectivity index (χ1v) is 14.2. The molecule has 1 N–H and O–H groups in total. The maximum Gasteiger partial charge on any atom is 0.255 e. The van der Waals surface area contributed by atoms with Crippen molar-refractivity contribution in [3.8, 4) is 11.3 Å². The number of carbonyl (C=O) groups excluding carboxylic acids is 1. The van der Waals surface area contributed by atoms with Crippen molar-refractivity contribution in [3.63, 3.8) is 0 Å². The van der Waals surface area contributed by atoms with Crippen molar-refractivity contribution in [2.24, 2.45) is 0 Å². The number of carbonyl (C=O) groups is 1. The third-order valence-corrected chi connectivity index (χ3v) is 7.68. The van der Waals surface area contributed by atoms with Crippen LogP contribution >= 0.6 is 11.8 Å².